The van der Waals surface area contributed by atoms with E-state index in [4.69, 9.17) is 0 Å². The van der Waals surface area contributed by atoms with Crippen LogP contribution in [-0.2, 0) is 9.59 Å². The zero-order chi connectivity index (χ0) is 16.9. The predicted molar refractivity (Wildman–Crippen MR) is 85.5 cm³/mol. The first-order chi connectivity index (χ1) is 11.5. The van der Waals surface area contributed by atoms with Crippen molar-refractivity contribution in [3.8, 4) is 0 Å². The number of carbonyl (C=O) groups excluding carboxylic acids is 3. The number of amides is 4. The molecule has 124 valence electrons. The van der Waals surface area contributed by atoms with Crippen LogP contribution in [0.15, 0.2) is 30.6 Å². The minimum absolute atomic E-state index is 0.166. The SMILES string of the molecule is C[C@]1(C2CC2)NC(=O)N(CC(=O)Nn2cnc3ccccc32)C1=O. The highest BCUT2D eigenvalue weighted by Crippen LogP contribution is 2.42. The van der Waals surface area contributed by atoms with Crippen molar-refractivity contribution in [1.82, 2.24) is 19.9 Å². The van der Waals surface area contributed by atoms with Crippen molar-refractivity contribution in [1.29, 1.82) is 0 Å². The molecule has 8 nitrogen and oxygen atoms in total. The Labute approximate surface area is 137 Å². The smallest absolute Gasteiger partial charge is 0.323 e. The van der Waals surface area contributed by atoms with Crippen LogP contribution in [0.25, 0.3) is 11.0 Å². The van der Waals surface area contributed by atoms with E-state index in [2.05, 4.69) is 15.7 Å². The predicted octanol–water partition coefficient (Wildman–Crippen LogP) is 0.827. The van der Waals surface area contributed by atoms with Crippen molar-refractivity contribution in [2.75, 3.05) is 12.0 Å². The van der Waals surface area contributed by atoms with Gasteiger partial charge in [-0.1, -0.05) is 12.1 Å². The highest BCUT2D eigenvalue weighted by atomic mass is 16.2. The molecule has 0 bridgehead atoms. The molecule has 2 N–H and O–H groups in total. The van der Waals surface area contributed by atoms with Crippen LogP contribution in [0.1, 0.15) is 19.8 Å². The van der Waals surface area contributed by atoms with Crippen molar-refractivity contribution in [2.24, 2.45) is 5.92 Å². The highest BCUT2D eigenvalue weighted by Gasteiger charge is 2.56. The molecule has 2 heterocycles. The normalized spacial score (nSPS) is 23.6. The number of para-hydroxylation sites is 2. The van der Waals surface area contributed by atoms with Gasteiger partial charge >= 0.3 is 6.03 Å². The Kier molecular flexibility index (Phi) is 3.09. The van der Waals surface area contributed by atoms with Gasteiger partial charge in [0.15, 0.2) is 0 Å². The van der Waals surface area contributed by atoms with Gasteiger partial charge in [-0.15, -0.1) is 0 Å². The minimum Gasteiger partial charge on any atom is -0.323 e. The summed E-state index contributed by atoms with van der Waals surface area (Å²) in [4.78, 5) is 42.0. The molecule has 1 aliphatic carbocycles. The molecule has 4 rings (SSSR count). The number of urea groups is 1. The molecule has 2 aliphatic rings. The van der Waals surface area contributed by atoms with E-state index in [0.29, 0.717) is 0 Å². The topological polar surface area (TPSA) is 96.3 Å². The maximum absolute atomic E-state index is 12.5. The van der Waals surface area contributed by atoms with E-state index in [1.165, 1.54) is 11.0 Å². The Morgan fingerprint density at radius 1 is 1.38 bits per heavy atom. The second kappa shape index (κ2) is 5.05. The summed E-state index contributed by atoms with van der Waals surface area (Å²) in [7, 11) is 0. The van der Waals surface area contributed by atoms with E-state index in [9.17, 15) is 14.4 Å². The van der Waals surface area contributed by atoms with Crippen LogP contribution in [-0.4, -0.2) is 44.5 Å². The van der Waals surface area contributed by atoms with Gasteiger partial charge in [-0.25, -0.2) is 14.5 Å². The molecule has 2 aromatic rings. The zero-order valence-electron chi connectivity index (χ0n) is 13.2. The van der Waals surface area contributed by atoms with Crippen molar-refractivity contribution >= 4 is 28.9 Å². The molecule has 0 unspecified atom stereocenters. The Morgan fingerprint density at radius 3 is 2.88 bits per heavy atom. The monoisotopic (exact) mass is 327 g/mol. The average Bonchev–Trinajstić information content (AvgIpc) is 3.31. The quantitative estimate of drug-likeness (QED) is 0.813. The zero-order valence-corrected chi connectivity index (χ0v) is 13.2. The Balaban J connectivity index is 1.48. The molecule has 0 spiro atoms. The van der Waals surface area contributed by atoms with Gasteiger partial charge in [-0.05, 0) is 37.8 Å². The van der Waals surface area contributed by atoms with Crippen LogP contribution in [0.5, 0.6) is 0 Å². The van der Waals surface area contributed by atoms with Gasteiger partial charge in [0.2, 0.25) is 0 Å². The average molecular weight is 327 g/mol. The van der Waals surface area contributed by atoms with Crippen LogP contribution in [0, 0.1) is 5.92 Å². The summed E-state index contributed by atoms with van der Waals surface area (Å²) >= 11 is 0. The number of hydrogen-bond donors (Lipinski definition) is 2. The molecule has 1 aliphatic heterocycles. The first kappa shape index (κ1) is 14.7. The molecule has 0 radical (unpaired) electrons. The van der Waals surface area contributed by atoms with E-state index >= 15 is 0 Å². The second-order valence-electron chi connectivity index (χ2n) is 6.44. The van der Waals surface area contributed by atoms with Gasteiger partial charge in [0.05, 0.1) is 11.0 Å². The van der Waals surface area contributed by atoms with Crippen LogP contribution in [0.4, 0.5) is 4.79 Å². The molecular weight excluding hydrogens is 310 g/mol. The molecule has 1 atom stereocenters. The number of imidazole rings is 1. The van der Waals surface area contributed by atoms with Crippen LogP contribution in [0.2, 0.25) is 0 Å². The molecule has 2 fully saturated rings. The van der Waals surface area contributed by atoms with E-state index < -0.39 is 17.5 Å². The summed E-state index contributed by atoms with van der Waals surface area (Å²) in [5.74, 6) is -0.623. The summed E-state index contributed by atoms with van der Waals surface area (Å²) in [6.07, 6.45) is 3.33. The lowest BCUT2D eigenvalue weighted by Gasteiger charge is -2.20. The van der Waals surface area contributed by atoms with Gasteiger partial charge in [-0.2, -0.15) is 0 Å². The van der Waals surface area contributed by atoms with Gasteiger partial charge in [0.1, 0.15) is 18.4 Å². The van der Waals surface area contributed by atoms with Gasteiger partial charge < -0.3 is 5.32 Å². The van der Waals surface area contributed by atoms with Crippen LogP contribution < -0.4 is 10.7 Å². The number of nitrogens with one attached hydrogen (secondary N) is 2. The molecular formula is C16H17N5O3. The lowest BCUT2D eigenvalue weighted by Crippen LogP contribution is -2.46. The fourth-order valence-corrected chi connectivity index (χ4v) is 3.16. The third kappa shape index (κ3) is 2.22. The molecule has 4 amide bonds. The number of imide groups is 1. The lowest BCUT2D eigenvalue weighted by atomic mass is 9.96. The minimum atomic E-state index is -0.876. The summed E-state index contributed by atoms with van der Waals surface area (Å²) < 4.78 is 1.48. The number of nitrogens with zero attached hydrogens (tertiary/aromatic N) is 3. The molecule has 24 heavy (non-hydrogen) atoms. The second-order valence-corrected chi connectivity index (χ2v) is 6.44. The maximum Gasteiger partial charge on any atom is 0.325 e. The molecule has 1 aromatic heterocycles. The van der Waals surface area contributed by atoms with Crippen LogP contribution >= 0.6 is 0 Å². The Hall–Kier alpha value is -2.90. The van der Waals surface area contributed by atoms with E-state index in [1.807, 2.05) is 24.3 Å². The van der Waals surface area contributed by atoms with Crippen molar-refractivity contribution in [3.05, 3.63) is 30.6 Å². The third-order valence-corrected chi connectivity index (χ3v) is 4.70. The standard InChI is InChI=1S/C16H17N5O3/c1-16(10-6-7-10)14(23)20(15(24)18-16)8-13(22)19-21-9-17-11-4-2-3-5-12(11)21/h2-5,9-10H,6-8H2,1H3,(H,18,24)(H,19,22)/t16-/m1/s1. The summed E-state index contributed by atoms with van der Waals surface area (Å²) in [6.45, 7) is 1.41. The number of rotatable bonds is 4. The van der Waals surface area contributed by atoms with Crippen molar-refractivity contribution in [2.45, 2.75) is 25.3 Å². The van der Waals surface area contributed by atoms with Gasteiger partial charge in [0, 0.05) is 0 Å². The summed E-state index contributed by atoms with van der Waals surface area (Å²) in [5, 5.41) is 2.72. The molecule has 1 saturated carbocycles. The molecule has 1 aromatic carbocycles. The summed E-state index contributed by atoms with van der Waals surface area (Å²) in [5.41, 5.74) is 3.26. The van der Waals surface area contributed by atoms with E-state index in [-0.39, 0.29) is 18.4 Å². The fraction of sp³-hybridized carbons (Fsp3) is 0.375. The largest absolute Gasteiger partial charge is 0.325 e. The Bertz CT molecular complexity index is 856. The number of carbonyl (C=O) groups is 3. The maximum atomic E-state index is 12.5. The van der Waals surface area contributed by atoms with Gasteiger partial charge in [-0.3, -0.25) is 19.9 Å². The van der Waals surface area contributed by atoms with Crippen molar-refractivity contribution in [3.63, 3.8) is 0 Å². The molecule has 8 heteroatoms. The van der Waals surface area contributed by atoms with E-state index in [1.54, 1.807) is 6.92 Å². The van der Waals surface area contributed by atoms with Gasteiger partial charge in [0.25, 0.3) is 11.8 Å². The lowest BCUT2D eigenvalue weighted by molar-refractivity contribution is -0.134. The number of fused-ring (bicyclic) bond motifs is 1. The van der Waals surface area contributed by atoms with E-state index in [0.717, 1.165) is 28.8 Å². The summed E-state index contributed by atoms with van der Waals surface area (Å²) in [6, 6.07) is 6.83. The van der Waals surface area contributed by atoms with Crippen molar-refractivity contribution < 1.29 is 14.4 Å². The third-order valence-electron chi connectivity index (χ3n) is 4.70. The number of benzene rings is 1. The number of hydrogen-bond acceptors (Lipinski definition) is 4. The van der Waals surface area contributed by atoms with Crippen LogP contribution in [0.3, 0.4) is 0 Å². The first-order valence-electron chi connectivity index (χ1n) is 7.85. The fourth-order valence-electron chi connectivity index (χ4n) is 3.16. The highest BCUT2D eigenvalue weighted by molar-refractivity contribution is 6.09. The Morgan fingerprint density at radius 2 is 2.12 bits per heavy atom. The number of aromatic nitrogens is 2. The molecule has 1 saturated heterocycles. The first-order valence-corrected chi connectivity index (χ1v) is 7.85.